The summed E-state index contributed by atoms with van der Waals surface area (Å²) in [5.74, 6) is -2.06. The predicted molar refractivity (Wildman–Crippen MR) is 262 cm³/mol. The molecular weight excluding hydrogens is 791 g/mol. The van der Waals surface area contributed by atoms with Gasteiger partial charge in [-0.25, -0.2) is 4.79 Å². The number of ether oxygens (including phenoxy) is 4. The molecule has 9 nitrogen and oxygen atoms in total. The molecule has 0 fully saturated rings. The summed E-state index contributed by atoms with van der Waals surface area (Å²) in [5, 5.41) is 9.66. The number of nitrogens with zero attached hydrogens (tertiary/aromatic N) is 1. The summed E-state index contributed by atoms with van der Waals surface area (Å²) in [7, 11) is 5.94. The van der Waals surface area contributed by atoms with Crippen molar-refractivity contribution in [1.82, 2.24) is 0 Å². The fourth-order valence-corrected chi connectivity index (χ4v) is 6.30. The lowest BCUT2D eigenvalue weighted by Gasteiger charge is -2.25. The van der Waals surface area contributed by atoms with Gasteiger partial charge in [0.05, 0.1) is 34.4 Å². The number of carbonyl (C=O) groups is 3. The van der Waals surface area contributed by atoms with E-state index in [4.69, 9.17) is 18.9 Å². The van der Waals surface area contributed by atoms with Gasteiger partial charge < -0.3 is 28.5 Å². The number of carboxylic acid groups (broad SMARTS) is 1. The average molecular weight is 883 g/mol. The van der Waals surface area contributed by atoms with Crippen LogP contribution in [0, 0.1) is 0 Å². The molecule has 0 aromatic carbocycles. The standard InChI is InChI=1S/C54H91NO8/c1-6-8-10-12-14-16-18-20-22-23-24-25-26-27-28-29-31-33-35-37-39-41-43-45-52(57)63-50(49-62-54(53(58)59)60-47-46-55(3,4)5)48-61-51(56)44-42-40-38-36-34-32-30-21-19-17-15-13-11-9-7-2/h8,10,14,16,20-22,24-25,27-28,30-31,33,50,54H,6-7,9,11-13,15,17-19,23,26,29,32,34-49H2,1-5H3/p+1/b10-8-,16-14-,22-20-,25-24-,28-27-,30-21-,33-31-. The van der Waals surface area contributed by atoms with Crippen molar-refractivity contribution in [2.75, 3.05) is 47.5 Å². The Morgan fingerprint density at radius 2 is 0.905 bits per heavy atom. The number of hydrogen-bond acceptors (Lipinski definition) is 7. The van der Waals surface area contributed by atoms with Crippen LogP contribution in [0.4, 0.5) is 0 Å². The van der Waals surface area contributed by atoms with E-state index in [-0.39, 0.29) is 38.6 Å². The first-order chi connectivity index (χ1) is 30.6. The SMILES string of the molecule is CC/C=C\C/C=C\C/C=C\C/C=C\C/C=C\C/C=C\CCCCCCC(=O)OC(COC(=O)CCCCCCC/C=C\CCCCCCCC)COC(OCC[N+](C)(C)C)C(=O)O. The Hall–Kier alpha value is -3.53. The van der Waals surface area contributed by atoms with Crippen LogP contribution in [-0.2, 0) is 33.3 Å². The number of likely N-dealkylation sites (N-methyl/N-ethyl adjacent to an activating group) is 1. The Morgan fingerprint density at radius 1 is 0.492 bits per heavy atom. The second-order valence-corrected chi connectivity index (χ2v) is 17.4. The molecule has 0 aromatic rings. The van der Waals surface area contributed by atoms with Gasteiger partial charge in [-0.15, -0.1) is 0 Å². The summed E-state index contributed by atoms with van der Waals surface area (Å²) < 4.78 is 22.7. The third-order valence-electron chi connectivity index (χ3n) is 10.1. The number of allylic oxidation sites excluding steroid dienone is 14. The van der Waals surface area contributed by atoms with Crippen LogP contribution < -0.4 is 0 Å². The molecule has 1 N–H and O–H groups in total. The first-order valence-corrected chi connectivity index (χ1v) is 24.8. The summed E-state index contributed by atoms with van der Waals surface area (Å²) in [6, 6.07) is 0. The minimum atomic E-state index is -1.52. The number of esters is 2. The molecule has 9 heteroatoms. The van der Waals surface area contributed by atoms with Crippen LogP contribution in [0.3, 0.4) is 0 Å². The van der Waals surface area contributed by atoms with Gasteiger partial charge in [0.1, 0.15) is 13.2 Å². The lowest BCUT2D eigenvalue weighted by atomic mass is 10.1. The summed E-state index contributed by atoms with van der Waals surface area (Å²) in [5.41, 5.74) is 0. The monoisotopic (exact) mass is 883 g/mol. The van der Waals surface area contributed by atoms with E-state index < -0.39 is 24.3 Å². The van der Waals surface area contributed by atoms with Crippen LogP contribution in [0.5, 0.6) is 0 Å². The van der Waals surface area contributed by atoms with Gasteiger partial charge >= 0.3 is 17.9 Å². The number of carboxylic acids is 1. The second kappa shape index (κ2) is 45.1. The van der Waals surface area contributed by atoms with E-state index in [1.807, 2.05) is 21.1 Å². The van der Waals surface area contributed by atoms with Gasteiger partial charge in [0.15, 0.2) is 6.10 Å². The fourth-order valence-electron chi connectivity index (χ4n) is 6.30. The van der Waals surface area contributed by atoms with E-state index >= 15 is 0 Å². The minimum absolute atomic E-state index is 0.177. The third-order valence-corrected chi connectivity index (χ3v) is 10.1. The third kappa shape index (κ3) is 46.3. The highest BCUT2D eigenvalue weighted by Crippen LogP contribution is 2.13. The van der Waals surface area contributed by atoms with Crippen molar-refractivity contribution in [3.8, 4) is 0 Å². The van der Waals surface area contributed by atoms with Gasteiger partial charge in [-0.05, 0) is 89.9 Å². The zero-order valence-corrected chi connectivity index (χ0v) is 40.7. The van der Waals surface area contributed by atoms with Crippen LogP contribution in [0.25, 0.3) is 0 Å². The predicted octanol–water partition coefficient (Wildman–Crippen LogP) is 13.7. The van der Waals surface area contributed by atoms with Crippen molar-refractivity contribution in [1.29, 1.82) is 0 Å². The first kappa shape index (κ1) is 59.5. The Labute approximate surface area is 385 Å². The fraction of sp³-hybridized carbons (Fsp3) is 0.685. The minimum Gasteiger partial charge on any atom is -0.477 e. The molecule has 360 valence electrons. The molecule has 0 amide bonds. The molecular formula is C54H92NO8+. The summed E-state index contributed by atoms with van der Waals surface area (Å²) in [6.45, 7) is 4.70. The maximum Gasteiger partial charge on any atom is 0.361 e. The first-order valence-electron chi connectivity index (χ1n) is 24.8. The molecule has 63 heavy (non-hydrogen) atoms. The van der Waals surface area contributed by atoms with Crippen LogP contribution >= 0.6 is 0 Å². The highest BCUT2D eigenvalue weighted by Gasteiger charge is 2.25. The van der Waals surface area contributed by atoms with E-state index in [2.05, 4.69) is 98.9 Å². The average Bonchev–Trinajstić information content (AvgIpc) is 3.24. The molecule has 0 spiro atoms. The number of carbonyl (C=O) groups excluding carboxylic acids is 2. The van der Waals surface area contributed by atoms with Crippen LogP contribution in [0.15, 0.2) is 85.1 Å². The molecule has 0 radical (unpaired) electrons. The summed E-state index contributed by atoms with van der Waals surface area (Å²) >= 11 is 0. The van der Waals surface area contributed by atoms with E-state index in [0.717, 1.165) is 103 Å². The zero-order valence-electron chi connectivity index (χ0n) is 40.7. The van der Waals surface area contributed by atoms with Crippen LogP contribution in [0.1, 0.15) is 181 Å². The van der Waals surface area contributed by atoms with Crippen LogP contribution in [-0.4, -0.2) is 87.4 Å². The Kier molecular flexibility index (Phi) is 42.5. The normalized spacial score (nSPS) is 13.6. The number of hydrogen-bond donors (Lipinski definition) is 1. The lowest BCUT2D eigenvalue weighted by molar-refractivity contribution is -0.870. The maximum atomic E-state index is 12.8. The van der Waals surface area contributed by atoms with Crippen LogP contribution in [0.2, 0.25) is 0 Å². The number of quaternary nitrogens is 1. The Morgan fingerprint density at radius 3 is 1.37 bits per heavy atom. The molecule has 0 saturated heterocycles. The molecule has 0 aromatic heterocycles. The van der Waals surface area contributed by atoms with Crippen molar-refractivity contribution >= 4 is 17.9 Å². The molecule has 0 bridgehead atoms. The van der Waals surface area contributed by atoms with Gasteiger partial charge in [-0.2, -0.15) is 0 Å². The van der Waals surface area contributed by atoms with Gasteiger partial charge in [-0.1, -0.05) is 163 Å². The largest absolute Gasteiger partial charge is 0.477 e. The van der Waals surface area contributed by atoms with Gasteiger partial charge in [-0.3, -0.25) is 9.59 Å². The maximum absolute atomic E-state index is 12.8. The molecule has 0 aliphatic carbocycles. The van der Waals surface area contributed by atoms with Crippen molar-refractivity contribution in [2.45, 2.75) is 193 Å². The summed E-state index contributed by atoms with van der Waals surface area (Å²) in [4.78, 5) is 37.2. The molecule has 2 unspecified atom stereocenters. The van der Waals surface area contributed by atoms with Gasteiger partial charge in [0.2, 0.25) is 0 Å². The highest BCUT2D eigenvalue weighted by molar-refractivity contribution is 5.71. The smallest absolute Gasteiger partial charge is 0.361 e. The van der Waals surface area contributed by atoms with Crippen molar-refractivity contribution < 1.29 is 42.9 Å². The molecule has 0 aliphatic rings. The highest BCUT2D eigenvalue weighted by atomic mass is 16.7. The number of rotatable bonds is 44. The molecule has 0 rings (SSSR count). The summed E-state index contributed by atoms with van der Waals surface area (Å²) in [6.07, 6.45) is 55.0. The van der Waals surface area contributed by atoms with Gasteiger partial charge in [0, 0.05) is 12.8 Å². The Balaban J connectivity index is 4.46. The molecule has 0 heterocycles. The number of aliphatic carboxylic acids is 1. The van der Waals surface area contributed by atoms with E-state index in [0.29, 0.717) is 17.4 Å². The second-order valence-electron chi connectivity index (χ2n) is 17.4. The molecule has 2 atom stereocenters. The Bertz CT molecular complexity index is 1300. The van der Waals surface area contributed by atoms with Gasteiger partial charge in [0.25, 0.3) is 6.29 Å². The number of unbranched alkanes of at least 4 members (excludes halogenated alkanes) is 15. The van der Waals surface area contributed by atoms with E-state index in [9.17, 15) is 19.5 Å². The lowest BCUT2D eigenvalue weighted by Crippen LogP contribution is -2.40. The van der Waals surface area contributed by atoms with Crippen molar-refractivity contribution in [2.24, 2.45) is 0 Å². The zero-order chi connectivity index (χ0) is 46.3. The van der Waals surface area contributed by atoms with Crippen molar-refractivity contribution in [3.05, 3.63) is 85.1 Å². The molecule has 0 saturated carbocycles. The quantitative estimate of drug-likeness (QED) is 0.0212. The van der Waals surface area contributed by atoms with E-state index in [1.54, 1.807) is 0 Å². The van der Waals surface area contributed by atoms with E-state index in [1.165, 1.54) is 44.9 Å². The molecule has 0 aliphatic heterocycles. The van der Waals surface area contributed by atoms with Crippen molar-refractivity contribution in [3.63, 3.8) is 0 Å². The topological polar surface area (TPSA) is 108 Å².